The third-order valence-corrected chi connectivity index (χ3v) is 10.4. The Hall–Kier alpha value is -5.24. The first-order chi connectivity index (χ1) is 22.9. The van der Waals surface area contributed by atoms with E-state index in [4.69, 9.17) is 13.9 Å². The molecular formula is C34H35N5O9. The molecule has 1 aliphatic heterocycles. The summed E-state index contributed by atoms with van der Waals surface area (Å²) in [5, 5.41) is 9.71. The molecule has 0 amide bonds. The Morgan fingerprint density at radius 3 is 2.48 bits per heavy atom. The van der Waals surface area contributed by atoms with Crippen LogP contribution in [0.25, 0.3) is 11.0 Å². The van der Waals surface area contributed by atoms with E-state index in [0.29, 0.717) is 45.2 Å². The molecule has 14 nitrogen and oxygen atoms in total. The number of benzene rings is 1. The molecule has 1 fully saturated rings. The Labute approximate surface area is 273 Å². The molecule has 250 valence electrons. The number of furan rings is 1. The van der Waals surface area contributed by atoms with Crippen molar-refractivity contribution in [2.24, 2.45) is 18.4 Å². The van der Waals surface area contributed by atoms with Gasteiger partial charge in [0.05, 0.1) is 49.2 Å². The standard InChI is InChI=1S/C34H35N5O9/c1-17-12-28(41)34(2)20(30(17)42)13-23-19(29(34)25-7-6-18(16-40)48-25)8-11-38-32(44)37(33(45)39(23)38)10-9-21-31(43)36(3)24-15-27(47-5)26(46-4)14-22(24)35-21/h6-8,12,14-15,20,23,29,40H,9-11,13,16H2,1-5H3. The van der Waals surface area contributed by atoms with E-state index in [9.17, 15) is 29.1 Å². The minimum absolute atomic E-state index is 0.00228. The number of ether oxygens (including phenoxy) is 2. The zero-order chi connectivity index (χ0) is 34.2. The number of carbonyl (C=O) groups excluding carboxylic acids is 2. The maximum Gasteiger partial charge on any atom is 0.347 e. The van der Waals surface area contributed by atoms with Crippen molar-refractivity contribution in [3.05, 3.63) is 96.1 Å². The van der Waals surface area contributed by atoms with Crippen LogP contribution in [0, 0.1) is 11.3 Å². The van der Waals surface area contributed by atoms with Crippen molar-refractivity contribution >= 4 is 22.6 Å². The highest BCUT2D eigenvalue weighted by atomic mass is 16.5. The molecule has 0 bridgehead atoms. The van der Waals surface area contributed by atoms with Crippen LogP contribution < -0.4 is 26.4 Å². The monoisotopic (exact) mass is 657 g/mol. The Balaban J connectivity index is 1.29. The minimum atomic E-state index is -1.20. The Kier molecular flexibility index (Phi) is 7.31. The number of methoxy groups -OCH3 is 2. The number of nitrogens with zero attached hydrogens (tertiary/aromatic N) is 5. The number of hydrogen-bond acceptors (Lipinski definition) is 10. The molecule has 4 aromatic rings. The van der Waals surface area contributed by atoms with Crippen LogP contribution in [0.4, 0.5) is 0 Å². The second kappa shape index (κ2) is 11.2. The minimum Gasteiger partial charge on any atom is -0.493 e. The van der Waals surface area contributed by atoms with Gasteiger partial charge < -0.3 is 23.6 Å². The molecule has 0 radical (unpaired) electrons. The predicted molar refractivity (Wildman–Crippen MR) is 171 cm³/mol. The molecule has 4 unspecified atom stereocenters. The molecule has 48 heavy (non-hydrogen) atoms. The average molecular weight is 658 g/mol. The largest absolute Gasteiger partial charge is 0.493 e. The number of rotatable bonds is 7. The fourth-order valence-electron chi connectivity index (χ4n) is 7.81. The van der Waals surface area contributed by atoms with E-state index in [1.165, 1.54) is 34.2 Å². The summed E-state index contributed by atoms with van der Waals surface area (Å²) >= 11 is 0. The van der Waals surface area contributed by atoms with Crippen LogP contribution in [0.3, 0.4) is 0 Å². The zero-order valence-corrected chi connectivity index (χ0v) is 27.2. The lowest BCUT2D eigenvalue weighted by molar-refractivity contribution is -0.139. The summed E-state index contributed by atoms with van der Waals surface area (Å²) < 4.78 is 21.9. The molecule has 4 heterocycles. The fourth-order valence-corrected chi connectivity index (χ4v) is 7.81. The predicted octanol–water partition coefficient (Wildman–Crippen LogP) is 1.79. The molecule has 3 aromatic heterocycles. The van der Waals surface area contributed by atoms with Crippen LogP contribution in [0.1, 0.15) is 49.4 Å². The molecule has 0 spiro atoms. The highest BCUT2D eigenvalue weighted by Crippen LogP contribution is 2.59. The SMILES string of the molecule is COc1cc2nc(CCn3c(=O)n4n(c3=O)C3CC5C(=O)C(C)=CC(=O)C5(C)C(c5ccc(CO)o5)C3=CC4)c(=O)n(C)c2cc1OC. The first-order valence-electron chi connectivity index (χ1n) is 15.6. The summed E-state index contributed by atoms with van der Waals surface area (Å²) in [4.78, 5) is 73.0. The second-order valence-corrected chi connectivity index (χ2v) is 12.8. The Morgan fingerprint density at radius 1 is 1.06 bits per heavy atom. The van der Waals surface area contributed by atoms with Crippen molar-refractivity contribution < 1.29 is 28.6 Å². The molecule has 2 aliphatic carbocycles. The van der Waals surface area contributed by atoms with Gasteiger partial charge in [0.25, 0.3) is 5.56 Å². The lowest BCUT2D eigenvalue weighted by Gasteiger charge is -2.51. The maximum atomic E-state index is 14.1. The lowest BCUT2D eigenvalue weighted by atomic mass is 9.52. The van der Waals surface area contributed by atoms with Crippen molar-refractivity contribution in [1.29, 1.82) is 0 Å². The Bertz CT molecular complexity index is 2280. The van der Waals surface area contributed by atoms with Crippen LogP contribution in [-0.4, -0.2) is 54.4 Å². The summed E-state index contributed by atoms with van der Waals surface area (Å²) in [5.74, 6) is -0.350. The van der Waals surface area contributed by atoms with Crippen molar-refractivity contribution in [3.63, 3.8) is 0 Å². The third-order valence-electron chi connectivity index (χ3n) is 10.4. The molecule has 0 saturated heterocycles. The van der Waals surface area contributed by atoms with Crippen LogP contribution in [0.15, 0.2) is 66.4 Å². The van der Waals surface area contributed by atoms with E-state index in [0.717, 1.165) is 4.57 Å². The first-order valence-corrected chi connectivity index (χ1v) is 15.6. The van der Waals surface area contributed by atoms with Gasteiger partial charge in [-0.3, -0.25) is 14.4 Å². The third kappa shape index (κ3) is 4.35. The van der Waals surface area contributed by atoms with Gasteiger partial charge in [-0.05, 0) is 42.7 Å². The Morgan fingerprint density at radius 2 is 1.79 bits per heavy atom. The summed E-state index contributed by atoms with van der Waals surface area (Å²) in [6.07, 6.45) is 3.33. The van der Waals surface area contributed by atoms with Crippen molar-refractivity contribution in [3.8, 4) is 11.5 Å². The van der Waals surface area contributed by atoms with Gasteiger partial charge in [-0.2, -0.15) is 0 Å². The van der Waals surface area contributed by atoms with Gasteiger partial charge in [-0.15, -0.1) is 0 Å². The van der Waals surface area contributed by atoms with E-state index in [2.05, 4.69) is 4.98 Å². The van der Waals surface area contributed by atoms with Gasteiger partial charge in [0, 0.05) is 38.1 Å². The molecule has 4 atom stereocenters. The maximum absolute atomic E-state index is 14.1. The topological polar surface area (TPSA) is 170 Å². The number of allylic oxidation sites excluding steroid dienone is 4. The molecule has 1 N–H and O–H groups in total. The lowest BCUT2D eigenvalue weighted by Crippen LogP contribution is -2.54. The molecule has 3 aliphatic rings. The molecule has 7 rings (SSSR count). The van der Waals surface area contributed by atoms with Crippen LogP contribution in [0.2, 0.25) is 0 Å². The van der Waals surface area contributed by atoms with Gasteiger partial charge >= 0.3 is 11.4 Å². The van der Waals surface area contributed by atoms with Gasteiger partial charge in [0.15, 0.2) is 23.1 Å². The van der Waals surface area contributed by atoms with Gasteiger partial charge in [0.2, 0.25) is 0 Å². The molecule has 1 saturated carbocycles. The number of ketones is 2. The van der Waals surface area contributed by atoms with Gasteiger partial charge in [-0.25, -0.2) is 28.5 Å². The van der Waals surface area contributed by atoms with Crippen LogP contribution in [-0.2, 0) is 42.8 Å². The quantitative estimate of drug-likeness (QED) is 0.289. The summed E-state index contributed by atoms with van der Waals surface area (Å²) in [7, 11) is 4.60. The number of aryl methyl sites for hydroxylation is 2. The molecule has 1 aromatic carbocycles. The van der Waals surface area contributed by atoms with E-state index >= 15 is 0 Å². The van der Waals surface area contributed by atoms with E-state index in [1.807, 2.05) is 6.08 Å². The first kappa shape index (κ1) is 31.4. The van der Waals surface area contributed by atoms with Crippen LogP contribution >= 0.6 is 0 Å². The number of aliphatic hydroxyl groups excluding tert-OH is 1. The zero-order valence-electron chi connectivity index (χ0n) is 27.2. The summed E-state index contributed by atoms with van der Waals surface area (Å²) in [5.41, 5.74) is -0.547. The van der Waals surface area contributed by atoms with E-state index in [-0.39, 0.29) is 55.4 Å². The number of aliphatic hydroxyl groups is 1. The molecular weight excluding hydrogens is 622 g/mol. The number of fused-ring (bicyclic) bond motifs is 5. The van der Waals surface area contributed by atoms with Gasteiger partial charge in [-0.1, -0.05) is 13.0 Å². The van der Waals surface area contributed by atoms with E-state index in [1.54, 1.807) is 45.2 Å². The van der Waals surface area contributed by atoms with Gasteiger partial charge in [0.1, 0.15) is 23.8 Å². The number of carbonyl (C=O) groups is 2. The van der Waals surface area contributed by atoms with Crippen molar-refractivity contribution in [1.82, 2.24) is 23.5 Å². The highest BCUT2D eigenvalue weighted by molar-refractivity contribution is 6.12. The highest BCUT2D eigenvalue weighted by Gasteiger charge is 2.60. The second-order valence-electron chi connectivity index (χ2n) is 12.8. The normalized spacial score (nSPS) is 23.3. The van der Waals surface area contributed by atoms with E-state index < -0.39 is 34.7 Å². The average Bonchev–Trinajstić information content (AvgIpc) is 3.65. The number of Topliss-reactive ketones (excluding diaryl/α,β-unsaturated/α-hetero) is 1. The summed E-state index contributed by atoms with van der Waals surface area (Å²) in [6, 6.07) is 5.90. The fraction of sp³-hybridized carbons (Fsp3) is 0.412. The van der Waals surface area contributed by atoms with Crippen molar-refractivity contribution in [2.75, 3.05) is 14.2 Å². The number of aromatic nitrogens is 5. The summed E-state index contributed by atoms with van der Waals surface area (Å²) in [6.45, 7) is 2.94. The molecule has 14 heteroatoms. The van der Waals surface area contributed by atoms with Crippen LogP contribution in [0.5, 0.6) is 11.5 Å². The smallest absolute Gasteiger partial charge is 0.347 e. The number of hydrogen-bond donors (Lipinski definition) is 1. The van der Waals surface area contributed by atoms with Crippen molar-refractivity contribution in [2.45, 2.75) is 58.3 Å².